The molecule has 0 bridgehead atoms. The third-order valence-electron chi connectivity index (χ3n) is 8.71. The summed E-state index contributed by atoms with van der Waals surface area (Å²) in [6, 6.07) is -0.443. The SMILES string of the molecule is COC1CCC(C2CCC3C(C2)N(C(=O)OC2CCOCC2)C[C@H](C)N3C(C)=O)CC1NS(C)(=O)=O. The molecule has 0 radical (unpaired) electrons. The van der Waals surface area contributed by atoms with Gasteiger partial charge in [0.1, 0.15) is 6.10 Å². The van der Waals surface area contributed by atoms with Crippen LogP contribution in [0.5, 0.6) is 0 Å². The number of fused-ring (bicyclic) bond motifs is 1. The lowest BCUT2D eigenvalue weighted by molar-refractivity contribution is -0.143. The minimum absolute atomic E-state index is 0.0232. The number of hydrogen-bond acceptors (Lipinski definition) is 7. The number of ether oxygens (including phenoxy) is 3. The summed E-state index contributed by atoms with van der Waals surface area (Å²) in [5.41, 5.74) is 0. The van der Waals surface area contributed by atoms with Gasteiger partial charge in [-0.2, -0.15) is 0 Å². The number of amides is 2. The second kappa shape index (κ2) is 11.5. The van der Waals surface area contributed by atoms with Crippen molar-refractivity contribution in [2.24, 2.45) is 11.8 Å². The molecule has 206 valence electrons. The zero-order valence-electron chi connectivity index (χ0n) is 22.1. The Balaban J connectivity index is 1.50. The molecule has 6 unspecified atom stereocenters. The summed E-state index contributed by atoms with van der Waals surface area (Å²) in [7, 11) is -1.72. The highest BCUT2D eigenvalue weighted by Gasteiger charge is 2.49. The Hall–Kier alpha value is -1.43. The molecule has 2 heterocycles. The van der Waals surface area contributed by atoms with Crippen LogP contribution in [0.3, 0.4) is 0 Å². The molecule has 7 atom stereocenters. The molecule has 0 aromatic rings. The molecular formula is C25H43N3O7S. The van der Waals surface area contributed by atoms with Crippen LogP contribution in [0, 0.1) is 11.8 Å². The highest BCUT2D eigenvalue weighted by atomic mass is 32.2. The standard InChI is InChI=1S/C25H43N3O7S/c1-16-15-27(25(30)35-20-9-11-34-12-10-20)23-14-19(5-7-22(23)28(16)17(2)29)18-6-8-24(33-3)21(13-18)26-36(4,31)32/h16,18-24,26H,5-15H2,1-4H3/t16-,18?,19?,21?,22?,23?,24?/m0/s1. The lowest BCUT2D eigenvalue weighted by atomic mass is 9.68. The number of piperazine rings is 1. The largest absolute Gasteiger partial charge is 0.446 e. The Morgan fingerprint density at radius 2 is 1.64 bits per heavy atom. The normalized spacial score (nSPS) is 36.3. The van der Waals surface area contributed by atoms with Crippen LogP contribution >= 0.6 is 0 Å². The monoisotopic (exact) mass is 529 g/mol. The zero-order valence-corrected chi connectivity index (χ0v) is 22.9. The van der Waals surface area contributed by atoms with Gasteiger partial charge in [0.15, 0.2) is 0 Å². The van der Waals surface area contributed by atoms with E-state index in [-0.39, 0.29) is 48.4 Å². The fourth-order valence-electron chi connectivity index (χ4n) is 7.13. The predicted molar refractivity (Wildman–Crippen MR) is 134 cm³/mol. The van der Waals surface area contributed by atoms with E-state index in [0.717, 1.165) is 32.1 Å². The molecular weight excluding hydrogens is 486 g/mol. The summed E-state index contributed by atoms with van der Waals surface area (Å²) in [6.45, 7) is 5.29. The van der Waals surface area contributed by atoms with Crippen molar-refractivity contribution in [2.45, 2.75) is 102 Å². The van der Waals surface area contributed by atoms with Crippen LogP contribution in [0.15, 0.2) is 0 Å². The van der Waals surface area contributed by atoms with Gasteiger partial charge in [0, 0.05) is 45.5 Å². The molecule has 0 spiro atoms. The Kier molecular flexibility index (Phi) is 8.84. The molecule has 2 aliphatic carbocycles. The van der Waals surface area contributed by atoms with Gasteiger partial charge in [-0.1, -0.05) is 0 Å². The average molecular weight is 530 g/mol. The number of carbonyl (C=O) groups excluding carboxylic acids is 2. The van der Waals surface area contributed by atoms with Gasteiger partial charge in [-0.3, -0.25) is 4.79 Å². The molecule has 2 aliphatic heterocycles. The molecule has 11 heteroatoms. The molecule has 2 saturated heterocycles. The number of rotatable bonds is 5. The van der Waals surface area contributed by atoms with Crippen molar-refractivity contribution in [3.63, 3.8) is 0 Å². The second-order valence-electron chi connectivity index (χ2n) is 11.2. The second-order valence-corrected chi connectivity index (χ2v) is 13.0. The first-order valence-corrected chi connectivity index (χ1v) is 15.3. The minimum atomic E-state index is -3.35. The Bertz CT molecular complexity index is 894. The van der Waals surface area contributed by atoms with Crippen molar-refractivity contribution in [3.05, 3.63) is 0 Å². The first kappa shape index (κ1) is 27.6. The topological polar surface area (TPSA) is 114 Å². The lowest BCUT2D eigenvalue weighted by Gasteiger charge is -2.54. The van der Waals surface area contributed by atoms with Crippen molar-refractivity contribution in [1.29, 1.82) is 0 Å². The minimum Gasteiger partial charge on any atom is -0.446 e. The number of sulfonamides is 1. The first-order valence-electron chi connectivity index (χ1n) is 13.4. The number of methoxy groups -OCH3 is 1. The molecule has 1 N–H and O–H groups in total. The van der Waals surface area contributed by atoms with E-state index in [0.29, 0.717) is 50.9 Å². The van der Waals surface area contributed by atoms with Gasteiger partial charge in [0.05, 0.1) is 37.7 Å². The summed E-state index contributed by atoms with van der Waals surface area (Å²) in [5.74, 6) is 0.718. The van der Waals surface area contributed by atoms with Gasteiger partial charge >= 0.3 is 6.09 Å². The van der Waals surface area contributed by atoms with Gasteiger partial charge in [0.2, 0.25) is 15.9 Å². The maximum absolute atomic E-state index is 13.4. The van der Waals surface area contributed by atoms with Gasteiger partial charge in [-0.05, 0) is 57.3 Å². The van der Waals surface area contributed by atoms with Crippen molar-refractivity contribution < 1.29 is 32.2 Å². The van der Waals surface area contributed by atoms with Crippen LogP contribution in [-0.4, -0.2) is 99.7 Å². The van der Waals surface area contributed by atoms with Crippen LogP contribution in [0.1, 0.15) is 65.2 Å². The van der Waals surface area contributed by atoms with Gasteiger partial charge < -0.3 is 24.0 Å². The van der Waals surface area contributed by atoms with E-state index in [1.54, 1.807) is 14.0 Å². The summed E-state index contributed by atoms with van der Waals surface area (Å²) in [4.78, 5) is 29.8. The molecule has 2 saturated carbocycles. The molecule has 0 aromatic heterocycles. The van der Waals surface area contributed by atoms with Gasteiger partial charge in [0.25, 0.3) is 0 Å². The Morgan fingerprint density at radius 1 is 0.972 bits per heavy atom. The van der Waals surface area contributed by atoms with E-state index in [4.69, 9.17) is 14.2 Å². The van der Waals surface area contributed by atoms with E-state index in [1.807, 2.05) is 16.7 Å². The van der Waals surface area contributed by atoms with Gasteiger partial charge in [-0.25, -0.2) is 17.9 Å². The quantitative estimate of drug-likeness (QED) is 0.580. The third kappa shape index (κ3) is 6.34. The van der Waals surface area contributed by atoms with E-state index in [1.165, 1.54) is 6.26 Å². The molecule has 10 nitrogen and oxygen atoms in total. The van der Waals surface area contributed by atoms with Gasteiger partial charge in [-0.15, -0.1) is 0 Å². The predicted octanol–water partition coefficient (Wildman–Crippen LogP) is 2.12. The fourth-order valence-corrected chi connectivity index (χ4v) is 7.93. The average Bonchev–Trinajstić information content (AvgIpc) is 2.82. The molecule has 4 fully saturated rings. The van der Waals surface area contributed by atoms with Crippen molar-refractivity contribution in [1.82, 2.24) is 14.5 Å². The van der Waals surface area contributed by atoms with E-state index < -0.39 is 10.0 Å². The summed E-state index contributed by atoms with van der Waals surface area (Å²) >= 11 is 0. The number of hydrogen-bond donors (Lipinski definition) is 1. The lowest BCUT2D eigenvalue weighted by Crippen LogP contribution is -2.67. The molecule has 2 amide bonds. The van der Waals surface area contributed by atoms with E-state index >= 15 is 0 Å². The molecule has 4 aliphatic rings. The molecule has 0 aromatic carbocycles. The highest BCUT2D eigenvalue weighted by Crippen LogP contribution is 2.43. The molecule has 4 rings (SSSR count). The molecule has 36 heavy (non-hydrogen) atoms. The third-order valence-corrected chi connectivity index (χ3v) is 9.44. The van der Waals surface area contributed by atoms with Crippen LogP contribution in [-0.2, 0) is 29.0 Å². The fraction of sp³-hybridized carbons (Fsp3) is 0.920. The van der Waals surface area contributed by atoms with Crippen molar-refractivity contribution in [3.8, 4) is 0 Å². The van der Waals surface area contributed by atoms with Crippen LogP contribution < -0.4 is 4.72 Å². The first-order chi connectivity index (χ1) is 17.1. The number of carbonyl (C=O) groups is 2. The van der Waals surface area contributed by atoms with Crippen LogP contribution in [0.25, 0.3) is 0 Å². The van der Waals surface area contributed by atoms with Crippen molar-refractivity contribution in [2.75, 3.05) is 33.1 Å². The maximum atomic E-state index is 13.4. The summed E-state index contributed by atoms with van der Waals surface area (Å²) < 4.78 is 43.6. The smallest absolute Gasteiger partial charge is 0.410 e. The summed E-state index contributed by atoms with van der Waals surface area (Å²) in [5, 5.41) is 0. The Labute approximate surface area is 215 Å². The summed E-state index contributed by atoms with van der Waals surface area (Å²) in [6.07, 6.45) is 7.11. The number of nitrogens with one attached hydrogen (secondary N) is 1. The van der Waals surface area contributed by atoms with Crippen LogP contribution in [0.4, 0.5) is 4.79 Å². The number of nitrogens with zero attached hydrogens (tertiary/aromatic N) is 2. The van der Waals surface area contributed by atoms with Crippen molar-refractivity contribution >= 4 is 22.0 Å². The zero-order chi connectivity index (χ0) is 26.0. The Morgan fingerprint density at radius 3 is 2.28 bits per heavy atom. The maximum Gasteiger partial charge on any atom is 0.410 e. The highest BCUT2D eigenvalue weighted by molar-refractivity contribution is 7.88. The van der Waals surface area contributed by atoms with Crippen LogP contribution in [0.2, 0.25) is 0 Å². The van der Waals surface area contributed by atoms with E-state index in [2.05, 4.69) is 4.72 Å². The van der Waals surface area contributed by atoms with E-state index in [9.17, 15) is 18.0 Å².